The third-order valence-electron chi connectivity index (χ3n) is 8.84. The number of aliphatic hydroxyl groups is 1. The molecule has 1 heterocycles. The lowest BCUT2D eigenvalue weighted by Crippen LogP contribution is -2.49. The summed E-state index contributed by atoms with van der Waals surface area (Å²) < 4.78 is 6.34. The predicted octanol–water partition coefficient (Wildman–Crippen LogP) is 4.75. The van der Waals surface area contributed by atoms with Gasteiger partial charge in [0, 0.05) is 50.0 Å². The molecule has 168 valence electrons. The molecule has 1 aromatic rings. The van der Waals surface area contributed by atoms with Crippen molar-refractivity contribution < 1.29 is 9.84 Å². The summed E-state index contributed by atoms with van der Waals surface area (Å²) in [5.41, 5.74) is 3.19. The van der Waals surface area contributed by atoms with E-state index in [1.165, 1.54) is 30.5 Å². The minimum absolute atomic E-state index is 0.303. The van der Waals surface area contributed by atoms with Crippen molar-refractivity contribution in [3.05, 3.63) is 28.8 Å². The van der Waals surface area contributed by atoms with Crippen molar-refractivity contribution in [2.45, 2.75) is 65.6 Å². The minimum atomic E-state index is -0.316. The summed E-state index contributed by atoms with van der Waals surface area (Å²) >= 11 is 6.19. The summed E-state index contributed by atoms with van der Waals surface area (Å²) in [5, 5.41) is 11.4. The lowest BCUT2D eigenvalue weighted by atomic mass is 9.70. The van der Waals surface area contributed by atoms with E-state index in [1.54, 1.807) is 0 Å². The van der Waals surface area contributed by atoms with Gasteiger partial charge in [-0.3, -0.25) is 4.90 Å². The summed E-state index contributed by atoms with van der Waals surface area (Å²) in [6, 6.07) is 6.11. The molecular formula is C25H39ClN2O2. The van der Waals surface area contributed by atoms with Gasteiger partial charge in [0.05, 0.1) is 12.2 Å². The van der Waals surface area contributed by atoms with Crippen LogP contribution in [0.25, 0.3) is 0 Å². The van der Waals surface area contributed by atoms with Gasteiger partial charge in [-0.1, -0.05) is 38.4 Å². The molecule has 3 aliphatic rings. The van der Waals surface area contributed by atoms with Crippen LogP contribution in [0.15, 0.2) is 18.2 Å². The molecule has 1 saturated heterocycles. The quantitative estimate of drug-likeness (QED) is 0.671. The summed E-state index contributed by atoms with van der Waals surface area (Å²) in [6.45, 7) is 14.7. The molecule has 0 spiro atoms. The molecule has 1 N–H and O–H groups in total. The number of nitrogens with zero attached hydrogens (tertiary/aromatic N) is 2. The first-order valence-electron chi connectivity index (χ1n) is 11.7. The fourth-order valence-corrected chi connectivity index (χ4v) is 6.38. The van der Waals surface area contributed by atoms with E-state index in [-0.39, 0.29) is 6.10 Å². The molecule has 4 rings (SSSR count). The molecule has 2 saturated carbocycles. The number of aryl methyl sites for hydroxylation is 1. The van der Waals surface area contributed by atoms with Gasteiger partial charge >= 0.3 is 0 Å². The Bertz CT molecular complexity index is 747. The van der Waals surface area contributed by atoms with E-state index in [1.807, 2.05) is 6.07 Å². The molecule has 0 radical (unpaired) electrons. The van der Waals surface area contributed by atoms with Crippen molar-refractivity contribution in [2.24, 2.45) is 16.7 Å². The Morgan fingerprint density at radius 2 is 1.93 bits per heavy atom. The van der Waals surface area contributed by atoms with Crippen LogP contribution >= 0.6 is 11.6 Å². The third-order valence-corrected chi connectivity index (χ3v) is 9.07. The van der Waals surface area contributed by atoms with E-state index < -0.39 is 0 Å². The fraction of sp³-hybridized carbons (Fsp3) is 0.760. The molecule has 2 bridgehead atoms. The van der Waals surface area contributed by atoms with Crippen LogP contribution in [0.2, 0.25) is 5.02 Å². The summed E-state index contributed by atoms with van der Waals surface area (Å²) in [4.78, 5) is 4.79. The number of aliphatic hydroxyl groups excluding tert-OH is 1. The molecule has 30 heavy (non-hydrogen) atoms. The predicted molar refractivity (Wildman–Crippen MR) is 124 cm³/mol. The molecule has 2 aliphatic carbocycles. The number of hydrogen-bond acceptors (Lipinski definition) is 4. The van der Waals surface area contributed by atoms with Crippen LogP contribution in [0, 0.1) is 23.7 Å². The van der Waals surface area contributed by atoms with Crippen LogP contribution in [0.1, 0.15) is 52.0 Å². The standard InChI is InChI=1S/C25H39ClN2O2/c1-18-5-6-20(26)16-22(18)28-12-10-27(11-13-28)17-21(29)8-14-30-23-15-19-7-9-25(23,4)24(19,2)3/h5-6,16,19,21,23,29H,7-15,17H2,1-4H3/t19-,21-,23-,25-/m1/s1. The van der Waals surface area contributed by atoms with Gasteiger partial charge in [0.2, 0.25) is 0 Å². The molecule has 1 aliphatic heterocycles. The van der Waals surface area contributed by atoms with Crippen molar-refractivity contribution in [1.82, 2.24) is 4.90 Å². The zero-order valence-electron chi connectivity index (χ0n) is 19.2. The normalized spacial score (nSPS) is 32.0. The number of ether oxygens (including phenoxy) is 1. The Balaban J connectivity index is 1.19. The van der Waals surface area contributed by atoms with Crippen molar-refractivity contribution in [1.29, 1.82) is 0 Å². The van der Waals surface area contributed by atoms with E-state index in [0.717, 1.165) is 50.1 Å². The van der Waals surface area contributed by atoms with Crippen LogP contribution in [0.5, 0.6) is 0 Å². The largest absolute Gasteiger partial charge is 0.392 e. The first kappa shape index (κ1) is 22.4. The average molecular weight is 435 g/mol. The number of rotatable bonds is 7. The highest BCUT2D eigenvalue weighted by Gasteiger charge is 2.61. The first-order chi connectivity index (χ1) is 14.2. The summed E-state index contributed by atoms with van der Waals surface area (Å²) in [6.07, 6.45) is 4.61. The van der Waals surface area contributed by atoms with Crippen LogP contribution in [-0.2, 0) is 4.74 Å². The number of halogens is 1. The van der Waals surface area contributed by atoms with Crippen molar-refractivity contribution >= 4 is 17.3 Å². The topological polar surface area (TPSA) is 35.9 Å². The number of β-amino-alcohol motifs (C(OH)–C–C–N with tert-alkyl or cyclic N) is 1. The Kier molecular flexibility index (Phi) is 6.43. The zero-order chi connectivity index (χ0) is 21.5. The minimum Gasteiger partial charge on any atom is -0.392 e. The summed E-state index contributed by atoms with van der Waals surface area (Å²) in [5.74, 6) is 0.803. The Morgan fingerprint density at radius 1 is 1.20 bits per heavy atom. The zero-order valence-corrected chi connectivity index (χ0v) is 19.9. The van der Waals surface area contributed by atoms with Gasteiger partial charge < -0.3 is 14.7 Å². The summed E-state index contributed by atoms with van der Waals surface area (Å²) in [7, 11) is 0. The maximum absolute atomic E-state index is 10.6. The van der Waals surface area contributed by atoms with Gasteiger partial charge in [-0.25, -0.2) is 0 Å². The van der Waals surface area contributed by atoms with Gasteiger partial charge in [-0.05, 0) is 67.1 Å². The fourth-order valence-electron chi connectivity index (χ4n) is 6.21. The second-order valence-corrected chi connectivity index (χ2v) is 11.1. The second-order valence-electron chi connectivity index (χ2n) is 10.6. The van der Waals surface area contributed by atoms with Gasteiger partial charge in [0.15, 0.2) is 0 Å². The third kappa shape index (κ3) is 4.13. The number of hydrogen-bond donors (Lipinski definition) is 1. The molecule has 1 aromatic carbocycles. The second kappa shape index (κ2) is 8.61. The van der Waals surface area contributed by atoms with Gasteiger partial charge in [-0.15, -0.1) is 0 Å². The van der Waals surface area contributed by atoms with E-state index in [9.17, 15) is 5.11 Å². The van der Waals surface area contributed by atoms with E-state index in [2.05, 4.69) is 49.6 Å². The molecule has 0 amide bonds. The van der Waals surface area contributed by atoms with Crippen LogP contribution in [0.4, 0.5) is 5.69 Å². The highest BCUT2D eigenvalue weighted by molar-refractivity contribution is 6.30. The lowest BCUT2D eigenvalue weighted by molar-refractivity contribution is -0.0564. The SMILES string of the molecule is Cc1ccc(Cl)cc1N1CCN(C[C@H](O)CCO[C@@H]2C[C@H]3CC[C@@]2(C)C3(C)C)CC1. The van der Waals surface area contributed by atoms with Gasteiger partial charge in [-0.2, -0.15) is 0 Å². The molecule has 4 atom stereocenters. The number of benzene rings is 1. The molecule has 4 nitrogen and oxygen atoms in total. The molecule has 0 unspecified atom stereocenters. The monoisotopic (exact) mass is 434 g/mol. The van der Waals surface area contributed by atoms with E-state index >= 15 is 0 Å². The van der Waals surface area contributed by atoms with Crippen molar-refractivity contribution in [3.63, 3.8) is 0 Å². The molecule has 5 heteroatoms. The molecular weight excluding hydrogens is 396 g/mol. The maximum Gasteiger partial charge on any atom is 0.0689 e. The van der Waals surface area contributed by atoms with E-state index in [0.29, 0.717) is 23.5 Å². The smallest absolute Gasteiger partial charge is 0.0689 e. The van der Waals surface area contributed by atoms with Crippen LogP contribution in [-0.4, -0.2) is 61.5 Å². The van der Waals surface area contributed by atoms with E-state index in [4.69, 9.17) is 16.3 Å². The van der Waals surface area contributed by atoms with Crippen LogP contribution in [0.3, 0.4) is 0 Å². The number of piperazine rings is 1. The van der Waals surface area contributed by atoms with Crippen molar-refractivity contribution in [3.8, 4) is 0 Å². The molecule has 3 fully saturated rings. The average Bonchev–Trinajstić information content (AvgIpc) is 3.04. The van der Waals surface area contributed by atoms with Gasteiger partial charge in [0.25, 0.3) is 0 Å². The highest BCUT2D eigenvalue weighted by Crippen LogP contribution is 2.66. The van der Waals surface area contributed by atoms with Crippen molar-refractivity contribution in [2.75, 3.05) is 44.2 Å². The Hall–Kier alpha value is -0.810. The first-order valence-corrected chi connectivity index (χ1v) is 12.1. The highest BCUT2D eigenvalue weighted by atomic mass is 35.5. The van der Waals surface area contributed by atoms with Gasteiger partial charge in [0.1, 0.15) is 0 Å². The molecule has 0 aromatic heterocycles. The van der Waals surface area contributed by atoms with Crippen LogP contribution < -0.4 is 4.90 Å². The lowest BCUT2D eigenvalue weighted by Gasteiger charge is -2.39. The Morgan fingerprint density at radius 3 is 2.57 bits per heavy atom. The maximum atomic E-state index is 10.6. The number of fused-ring (bicyclic) bond motifs is 2. The Labute approximate surface area is 187 Å². The number of anilines is 1.